The molecule has 0 saturated carbocycles. The zero-order valence-electron chi connectivity index (χ0n) is 6.68. The monoisotopic (exact) mass is 189 g/mol. The van der Waals surface area contributed by atoms with Gasteiger partial charge in [0.2, 0.25) is 0 Å². The molecule has 0 radical (unpaired) electrons. The predicted octanol–water partition coefficient (Wildman–Crippen LogP) is 0.353. The van der Waals surface area contributed by atoms with Crippen molar-refractivity contribution in [2.24, 2.45) is 5.73 Å². The lowest BCUT2D eigenvalue weighted by Crippen LogP contribution is -2.18. The number of halogens is 2. The summed E-state index contributed by atoms with van der Waals surface area (Å²) >= 11 is 0. The molecule has 0 aliphatic heterocycles. The third kappa shape index (κ3) is 1.67. The number of hydrogen-bond acceptors (Lipinski definition) is 3. The van der Waals surface area contributed by atoms with Crippen LogP contribution in [0.2, 0.25) is 0 Å². The second-order valence-electron chi connectivity index (χ2n) is 2.48. The zero-order valence-corrected chi connectivity index (χ0v) is 6.68. The molecule has 0 aliphatic rings. The lowest BCUT2D eigenvalue weighted by atomic mass is 10.1. The maximum absolute atomic E-state index is 12.3. The van der Waals surface area contributed by atoms with Crippen LogP contribution in [0.25, 0.3) is 0 Å². The van der Waals surface area contributed by atoms with Crippen LogP contribution in [0.4, 0.5) is 14.5 Å². The van der Waals surface area contributed by atoms with Crippen LogP contribution in [0.5, 0.6) is 0 Å². The number of nitrogen functional groups attached to an aromatic ring is 1. The van der Waals surface area contributed by atoms with Crippen molar-refractivity contribution >= 4 is 5.69 Å². The Kier molecular flexibility index (Phi) is 2.62. The van der Waals surface area contributed by atoms with E-state index in [2.05, 4.69) is 4.98 Å². The molecule has 1 heterocycles. The van der Waals surface area contributed by atoms with Gasteiger partial charge in [-0.2, -0.15) is 0 Å². The lowest BCUT2D eigenvalue weighted by molar-refractivity contribution is 0.150. The Morgan fingerprint density at radius 2 is 2.15 bits per heavy atom. The van der Waals surface area contributed by atoms with Gasteiger partial charge in [-0.1, -0.05) is 0 Å². The normalized spacial score (nSPS) is 10.8. The van der Waals surface area contributed by atoms with Gasteiger partial charge in [-0.25, -0.2) is 8.78 Å². The predicted molar refractivity (Wildman–Crippen MR) is 44.3 cm³/mol. The van der Waals surface area contributed by atoms with Crippen molar-refractivity contribution in [3.8, 4) is 0 Å². The molecule has 4 nitrogen and oxygen atoms in total. The van der Waals surface area contributed by atoms with Crippen LogP contribution in [0.3, 0.4) is 0 Å². The van der Waals surface area contributed by atoms with Crippen LogP contribution in [0, 0.1) is 0 Å². The highest BCUT2D eigenvalue weighted by molar-refractivity contribution is 5.52. The molecule has 13 heavy (non-hydrogen) atoms. The van der Waals surface area contributed by atoms with Crippen molar-refractivity contribution in [3.05, 3.63) is 27.7 Å². The van der Waals surface area contributed by atoms with E-state index in [9.17, 15) is 13.6 Å². The Hall–Kier alpha value is -1.43. The van der Waals surface area contributed by atoms with Crippen molar-refractivity contribution in [2.45, 2.75) is 13.0 Å². The summed E-state index contributed by atoms with van der Waals surface area (Å²) in [6.45, 7) is 0.0162. The highest BCUT2D eigenvalue weighted by atomic mass is 19.3. The van der Waals surface area contributed by atoms with Gasteiger partial charge in [0.15, 0.2) is 0 Å². The molecule has 1 aromatic heterocycles. The molecule has 0 bridgehead atoms. The maximum Gasteiger partial charge on any atom is 0.271 e. The standard InChI is InChI=1S/C7H9F2N3O/c8-6(9)4-5(11)3(1-10)2-12-7(4)13/h2,6H,1,10H2,(H3,11,12,13). The number of aromatic nitrogens is 1. The number of H-pyrrole nitrogens is 1. The fraction of sp³-hybridized carbons (Fsp3) is 0.286. The first-order valence-electron chi connectivity index (χ1n) is 3.56. The number of anilines is 1. The Morgan fingerprint density at radius 3 is 2.62 bits per heavy atom. The van der Waals surface area contributed by atoms with Gasteiger partial charge in [0, 0.05) is 18.3 Å². The van der Waals surface area contributed by atoms with Crippen LogP contribution in [-0.2, 0) is 6.54 Å². The van der Waals surface area contributed by atoms with Gasteiger partial charge in [-0.3, -0.25) is 4.79 Å². The first-order chi connectivity index (χ1) is 6.07. The van der Waals surface area contributed by atoms with Crippen molar-refractivity contribution in [1.82, 2.24) is 4.98 Å². The van der Waals surface area contributed by atoms with Crippen molar-refractivity contribution in [3.63, 3.8) is 0 Å². The maximum atomic E-state index is 12.3. The summed E-state index contributed by atoms with van der Waals surface area (Å²) in [5.41, 5.74) is 9.06. The molecule has 1 aromatic rings. The molecule has 0 amide bonds. The number of nitrogens with two attached hydrogens (primary N) is 2. The third-order valence-corrected chi connectivity index (χ3v) is 1.70. The van der Waals surface area contributed by atoms with Crippen LogP contribution in [-0.4, -0.2) is 4.98 Å². The van der Waals surface area contributed by atoms with Gasteiger partial charge >= 0.3 is 0 Å². The van der Waals surface area contributed by atoms with Crippen LogP contribution >= 0.6 is 0 Å². The summed E-state index contributed by atoms with van der Waals surface area (Å²) in [6, 6.07) is 0. The van der Waals surface area contributed by atoms with E-state index in [-0.39, 0.29) is 12.2 Å². The molecule has 1 rings (SSSR count). The molecular formula is C7H9F2N3O. The van der Waals surface area contributed by atoms with Crippen molar-refractivity contribution < 1.29 is 8.78 Å². The molecular weight excluding hydrogens is 180 g/mol. The fourth-order valence-electron chi connectivity index (χ4n) is 0.989. The molecule has 0 unspecified atom stereocenters. The summed E-state index contributed by atoms with van der Waals surface area (Å²) in [4.78, 5) is 13.0. The van der Waals surface area contributed by atoms with E-state index >= 15 is 0 Å². The number of rotatable bonds is 2. The Morgan fingerprint density at radius 1 is 1.54 bits per heavy atom. The minimum atomic E-state index is -2.88. The summed E-state index contributed by atoms with van der Waals surface area (Å²) < 4.78 is 24.5. The Balaban J connectivity index is 3.39. The summed E-state index contributed by atoms with van der Waals surface area (Å²) in [5.74, 6) is 0. The number of nitrogens with one attached hydrogen (secondary N) is 1. The SMILES string of the molecule is NCc1c[nH]c(=O)c(C(F)F)c1N. The molecule has 0 fully saturated rings. The first kappa shape index (κ1) is 9.66. The average Bonchev–Trinajstić information content (AvgIpc) is 2.04. The fourth-order valence-corrected chi connectivity index (χ4v) is 0.989. The highest BCUT2D eigenvalue weighted by Crippen LogP contribution is 2.22. The van der Waals surface area contributed by atoms with Gasteiger partial charge in [0.25, 0.3) is 12.0 Å². The number of pyridine rings is 1. The number of alkyl halides is 2. The quantitative estimate of drug-likeness (QED) is 0.627. The average molecular weight is 189 g/mol. The smallest absolute Gasteiger partial charge is 0.271 e. The number of hydrogen-bond donors (Lipinski definition) is 3. The Labute approximate surface area is 72.6 Å². The van der Waals surface area contributed by atoms with E-state index in [4.69, 9.17) is 11.5 Å². The molecule has 0 aromatic carbocycles. The van der Waals surface area contributed by atoms with E-state index in [0.717, 1.165) is 0 Å². The van der Waals surface area contributed by atoms with Gasteiger partial charge < -0.3 is 16.5 Å². The van der Waals surface area contributed by atoms with Crippen LogP contribution in [0.1, 0.15) is 17.6 Å². The minimum Gasteiger partial charge on any atom is -0.398 e. The molecule has 0 aliphatic carbocycles. The first-order valence-corrected chi connectivity index (χ1v) is 3.56. The van der Waals surface area contributed by atoms with Gasteiger partial charge in [-0.15, -0.1) is 0 Å². The zero-order chi connectivity index (χ0) is 10.0. The molecule has 72 valence electrons. The Bertz CT molecular complexity index is 361. The van der Waals surface area contributed by atoms with Crippen LogP contribution in [0.15, 0.2) is 11.0 Å². The van der Waals surface area contributed by atoms with Crippen LogP contribution < -0.4 is 17.0 Å². The second kappa shape index (κ2) is 3.53. The topological polar surface area (TPSA) is 84.9 Å². The second-order valence-corrected chi connectivity index (χ2v) is 2.48. The molecule has 0 spiro atoms. The molecule has 0 saturated heterocycles. The van der Waals surface area contributed by atoms with Gasteiger partial charge in [0.05, 0.1) is 5.69 Å². The molecule has 5 N–H and O–H groups in total. The summed E-state index contributed by atoms with van der Waals surface area (Å²) in [6.07, 6.45) is -1.64. The van der Waals surface area contributed by atoms with E-state index in [1.165, 1.54) is 6.20 Å². The van der Waals surface area contributed by atoms with Crippen molar-refractivity contribution in [2.75, 3.05) is 5.73 Å². The summed E-state index contributed by atoms with van der Waals surface area (Å²) in [5, 5.41) is 0. The third-order valence-electron chi connectivity index (χ3n) is 1.70. The van der Waals surface area contributed by atoms with Crippen molar-refractivity contribution in [1.29, 1.82) is 0 Å². The highest BCUT2D eigenvalue weighted by Gasteiger charge is 2.17. The lowest BCUT2D eigenvalue weighted by Gasteiger charge is -2.06. The summed E-state index contributed by atoms with van der Waals surface area (Å²) in [7, 11) is 0. The van der Waals surface area contributed by atoms with E-state index in [1.807, 2.05) is 0 Å². The largest absolute Gasteiger partial charge is 0.398 e. The molecule has 0 atom stereocenters. The van der Waals surface area contributed by atoms with E-state index in [1.54, 1.807) is 0 Å². The van der Waals surface area contributed by atoms with Gasteiger partial charge in [0.1, 0.15) is 5.56 Å². The minimum absolute atomic E-state index is 0.0162. The number of aromatic amines is 1. The van der Waals surface area contributed by atoms with Gasteiger partial charge in [-0.05, 0) is 0 Å². The van der Waals surface area contributed by atoms with E-state index in [0.29, 0.717) is 5.56 Å². The molecule has 6 heteroatoms. The van der Waals surface area contributed by atoms with E-state index < -0.39 is 17.5 Å².